The van der Waals surface area contributed by atoms with Gasteiger partial charge in [0.15, 0.2) is 0 Å². The number of rotatable bonds is 5. The molecule has 112 valence electrons. The standard InChI is InChI=1S/C18H25N3/c1-5-21(6-2)17-13-12-14(3)15(4)18(17)20-19-16-10-8-7-9-11-16/h7-13,15,17,19H,3,5-6H2,1-2,4H3. The van der Waals surface area contributed by atoms with Gasteiger partial charge in [-0.25, -0.2) is 0 Å². The highest BCUT2D eigenvalue weighted by Crippen LogP contribution is 2.24. The molecule has 3 heteroatoms. The van der Waals surface area contributed by atoms with E-state index < -0.39 is 0 Å². The Morgan fingerprint density at radius 2 is 1.86 bits per heavy atom. The van der Waals surface area contributed by atoms with Crippen molar-refractivity contribution in [2.75, 3.05) is 18.5 Å². The summed E-state index contributed by atoms with van der Waals surface area (Å²) in [7, 11) is 0. The van der Waals surface area contributed by atoms with Crippen molar-refractivity contribution in [3.8, 4) is 0 Å². The van der Waals surface area contributed by atoms with E-state index >= 15 is 0 Å². The lowest BCUT2D eigenvalue weighted by molar-refractivity contribution is 0.295. The van der Waals surface area contributed by atoms with Crippen LogP contribution in [0.15, 0.2) is 59.7 Å². The molecule has 1 aliphatic carbocycles. The molecule has 0 aliphatic heterocycles. The molecule has 1 aliphatic rings. The minimum atomic E-state index is 0.247. The quantitative estimate of drug-likeness (QED) is 0.829. The van der Waals surface area contributed by atoms with Gasteiger partial charge in [0.1, 0.15) is 0 Å². The largest absolute Gasteiger partial charge is 0.292 e. The van der Waals surface area contributed by atoms with Crippen LogP contribution < -0.4 is 5.43 Å². The molecule has 0 fully saturated rings. The number of anilines is 1. The molecule has 2 rings (SSSR count). The Morgan fingerprint density at radius 1 is 1.19 bits per heavy atom. The first-order valence-electron chi connectivity index (χ1n) is 7.67. The van der Waals surface area contributed by atoms with E-state index in [0.29, 0.717) is 0 Å². The van der Waals surface area contributed by atoms with Crippen molar-refractivity contribution in [2.45, 2.75) is 26.8 Å². The summed E-state index contributed by atoms with van der Waals surface area (Å²) < 4.78 is 0. The number of para-hydroxylation sites is 1. The Balaban J connectivity index is 2.26. The number of likely N-dealkylation sites (N-methyl/N-ethyl adjacent to an activating group) is 1. The van der Waals surface area contributed by atoms with Gasteiger partial charge in [0.05, 0.1) is 17.4 Å². The Bertz CT molecular complexity index is 527. The molecule has 1 aromatic rings. The minimum Gasteiger partial charge on any atom is -0.292 e. The highest BCUT2D eigenvalue weighted by atomic mass is 15.3. The van der Waals surface area contributed by atoms with Gasteiger partial charge in [0.2, 0.25) is 0 Å². The molecule has 0 amide bonds. The number of hydrogen-bond acceptors (Lipinski definition) is 3. The first kappa shape index (κ1) is 15.5. The van der Waals surface area contributed by atoms with E-state index in [4.69, 9.17) is 5.10 Å². The summed E-state index contributed by atoms with van der Waals surface area (Å²) in [6.07, 6.45) is 4.34. The summed E-state index contributed by atoms with van der Waals surface area (Å²) in [5.74, 6) is 0.261. The van der Waals surface area contributed by atoms with Crippen LogP contribution in [0.5, 0.6) is 0 Å². The maximum atomic E-state index is 4.70. The van der Waals surface area contributed by atoms with Gasteiger partial charge in [0, 0.05) is 5.92 Å². The number of hydrazone groups is 1. The first-order chi connectivity index (χ1) is 10.2. The fourth-order valence-corrected chi connectivity index (χ4v) is 2.63. The smallest absolute Gasteiger partial charge is 0.0693 e. The van der Waals surface area contributed by atoms with Crippen molar-refractivity contribution in [2.24, 2.45) is 11.0 Å². The molecule has 0 heterocycles. The van der Waals surface area contributed by atoms with E-state index in [0.717, 1.165) is 30.1 Å². The summed E-state index contributed by atoms with van der Waals surface area (Å²) in [5, 5.41) is 4.70. The van der Waals surface area contributed by atoms with Crippen molar-refractivity contribution in [3.63, 3.8) is 0 Å². The van der Waals surface area contributed by atoms with E-state index in [-0.39, 0.29) is 12.0 Å². The van der Waals surface area contributed by atoms with Crippen LogP contribution in [0.4, 0.5) is 5.69 Å². The number of benzene rings is 1. The molecule has 0 spiro atoms. The molecular formula is C18H25N3. The molecule has 3 nitrogen and oxygen atoms in total. The van der Waals surface area contributed by atoms with Crippen LogP contribution in [0.25, 0.3) is 0 Å². The molecule has 2 atom stereocenters. The molecule has 0 aromatic heterocycles. The second-order valence-corrected chi connectivity index (χ2v) is 5.34. The van der Waals surface area contributed by atoms with E-state index in [1.165, 1.54) is 0 Å². The zero-order chi connectivity index (χ0) is 15.2. The lowest BCUT2D eigenvalue weighted by atomic mass is 9.86. The van der Waals surface area contributed by atoms with Crippen LogP contribution in [-0.2, 0) is 0 Å². The summed E-state index contributed by atoms with van der Waals surface area (Å²) >= 11 is 0. The molecule has 1 N–H and O–H groups in total. The zero-order valence-corrected chi connectivity index (χ0v) is 13.2. The SMILES string of the molecule is C=C1C=CC(N(CC)CC)C(=NNc2ccccc2)C1C. The minimum absolute atomic E-state index is 0.247. The third kappa shape index (κ3) is 3.61. The predicted octanol–water partition coefficient (Wildman–Crippen LogP) is 3.93. The van der Waals surface area contributed by atoms with Crippen molar-refractivity contribution < 1.29 is 0 Å². The van der Waals surface area contributed by atoms with Gasteiger partial charge in [-0.2, -0.15) is 5.10 Å². The average Bonchev–Trinajstić information content (AvgIpc) is 2.52. The summed E-state index contributed by atoms with van der Waals surface area (Å²) in [6.45, 7) is 12.7. The third-order valence-corrected chi connectivity index (χ3v) is 4.09. The average molecular weight is 283 g/mol. The fraction of sp³-hybridized carbons (Fsp3) is 0.389. The Kier molecular flexibility index (Phi) is 5.34. The monoisotopic (exact) mass is 283 g/mol. The van der Waals surface area contributed by atoms with Gasteiger partial charge < -0.3 is 0 Å². The predicted molar refractivity (Wildman–Crippen MR) is 91.7 cm³/mol. The molecule has 0 saturated heterocycles. The zero-order valence-electron chi connectivity index (χ0n) is 13.2. The van der Waals surface area contributed by atoms with Crippen LogP contribution in [-0.4, -0.2) is 29.7 Å². The Hall–Kier alpha value is -1.87. The van der Waals surface area contributed by atoms with Crippen LogP contribution >= 0.6 is 0 Å². The number of nitrogens with one attached hydrogen (secondary N) is 1. The van der Waals surface area contributed by atoms with Crippen molar-refractivity contribution in [1.82, 2.24) is 4.90 Å². The van der Waals surface area contributed by atoms with Gasteiger partial charge >= 0.3 is 0 Å². The maximum absolute atomic E-state index is 4.70. The highest BCUT2D eigenvalue weighted by molar-refractivity contribution is 5.97. The topological polar surface area (TPSA) is 27.6 Å². The van der Waals surface area contributed by atoms with Crippen LogP contribution in [0, 0.1) is 5.92 Å². The molecule has 0 radical (unpaired) electrons. The fourth-order valence-electron chi connectivity index (χ4n) is 2.63. The van der Waals surface area contributed by atoms with Gasteiger partial charge in [0.25, 0.3) is 0 Å². The molecule has 0 bridgehead atoms. The summed E-state index contributed by atoms with van der Waals surface area (Å²) in [6, 6.07) is 10.3. The van der Waals surface area contributed by atoms with Crippen LogP contribution in [0.3, 0.4) is 0 Å². The van der Waals surface area contributed by atoms with Crippen molar-refractivity contribution >= 4 is 11.4 Å². The summed E-state index contributed by atoms with van der Waals surface area (Å²) in [5.41, 5.74) is 6.45. The Morgan fingerprint density at radius 3 is 2.48 bits per heavy atom. The summed E-state index contributed by atoms with van der Waals surface area (Å²) in [4.78, 5) is 2.41. The number of hydrogen-bond donors (Lipinski definition) is 1. The van der Waals surface area contributed by atoms with Gasteiger partial charge in [-0.15, -0.1) is 0 Å². The van der Waals surface area contributed by atoms with Crippen LogP contribution in [0.2, 0.25) is 0 Å². The normalized spacial score (nSPS) is 23.8. The lowest BCUT2D eigenvalue weighted by Crippen LogP contribution is -2.44. The maximum Gasteiger partial charge on any atom is 0.0693 e. The molecule has 2 unspecified atom stereocenters. The highest BCUT2D eigenvalue weighted by Gasteiger charge is 2.28. The Labute approximate surface area is 128 Å². The first-order valence-corrected chi connectivity index (χ1v) is 7.67. The lowest BCUT2D eigenvalue weighted by Gasteiger charge is -2.34. The third-order valence-electron chi connectivity index (χ3n) is 4.09. The van der Waals surface area contributed by atoms with Crippen molar-refractivity contribution in [3.05, 3.63) is 54.6 Å². The molecule has 1 aromatic carbocycles. The van der Waals surface area contributed by atoms with E-state index in [9.17, 15) is 0 Å². The molecule has 0 saturated carbocycles. The van der Waals surface area contributed by atoms with Crippen LogP contribution in [0.1, 0.15) is 20.8 Å². The van der Waals surface area contributed by atoms with E-state index in [2.05, 4.69) is 49.8 Å². The van der Waals surface area contributed by atoms with Gasteiger partial charge in [-0.3, -0.25) is 10.3 Å². The second kappa shape index (κ2) is 7.23. The number of allylic oxidation sites excluding steroid dienone is 2. The van der Waals surface area contributed by atoms with E-state index in [1.807, 2.05) is 30.3 Å². The van der Waals surface area contributed by atoms with Gasteiger partial charge in [-0.1, -0.05) is 57.7 Å². The van der Waals surface area contributed by atoms with E-state index in [1.54, 1.807) is 0 Å². The molecular weight excluding hydrogens is 258 g/mol. The second-order valence-electron chi connectivity index (χ2n) is 5.34. The number of nitrogens with zero attached hydrogens (tertiary/aromatic N) is 2. The molecule has 21 heavy (non-hydrogen) atoms. The van der Waals surface area contributed by atoms with Gasteiger partial charge in [-0.05, 0) is 30.8 Å². The van der Waals surface area contributed by atoms with Crippen molar-refractivity contribution in [1.29, 1.82) is 0 Å².